The molecule has 0 saturated heterocycles. The Morgan fingerprint density at radius 1 is 1.61 bits per heavy atom. The number of pyridine rings is 1. The van der Waals surface area contributed by atoms with E-state index in [0.29, 0.717) is 6.42 Å². The number of nitrogens with two attached hydrogens (primary N) is 1. The number of methoxy groups -OCH3 is 1. The first kappa shape index (κ1) is 13.2. The standard InChI is InChI=1S/C13H18N2O2S/c1-9-5-11(15-7-10(9)14)18-8-13(3-4-13)6-12(16)17-2/h5,7H,3-4,6,8,14H2,1-2H3. The number of rotatable bonds is 5. The van der Waals surface area contributed by atoms with Crippen LogP contribution in [0.2, 0.25) is 0 Å². The Kier molecular flexibility index (Phi) is 3.80. The van der Waals surface area contributed by atoms with Gasteiger partial charge in [0, 0.05) is 5.75 Å². The number of nitrogens with zero attached hydrogens (tertiary/aromatic N) is 1. The number of esters is 1. The van der Waals surface area contributed by atoms with Crippen molar-refractivity contribution in [1.82, 2.24) is 4.98 Å². The van der Waals surface area contributed by atoms with Gasteiger partial charge in [-0.05, 0) is 36.8 Å². The largest absolute Gasteiger partial charge is 0.469 e. The van der Waals surface area contributed by atoms with E-state index in [0.717, 1.165) is 34.9 Å². The highest BCUT2D eigenvalue weighted by atomic mass is 32.2. The fourth-order valence-electron chi connectivity index (χ4n) is 1.77. The maximum absolute atomic E-state index is 11.3. The molecule has 0 unspecified atom stereocenters. The number of aromatic nitrogens is 1. The van der Waals surface area contributed by atoms with Crippen LogP contribution in [0.3, 0.4) is 0 Å². The summed E-state index contributed by atoms with van der Waals surface area (Å²) in [6.45, 7) is 1.97. The lowest BCUT2D eigenvalue weighted by molar-refractivity contribution is -0.141. The van der Waals surface area contributed by atoms with Crippen LogP contribution < -0.4 is 5.73 Å². The molecule has 2 N–H and O–H groups in total. The van der Waals surface area contributed by atoms with Crippen molar-refractivity contribution >= 4 is 23.4 Å². The summed E-state index contributed by atoms with van der Waals surface area (Å²) < 4.78 is 4.73. The second-order valence-corrected chi connectivity index (χ2v) is 5.92. The zero-order valence-electron chi connectivity index (χ0n) is 10.7. The maximum atomic E-state index is 11.3. The summed E-state index contributed by atoms with van der Waals surface area (Å²) in [6, 6.07) is 1.99. The van der Waals surface area contributed by atoms with Gasteiger partial charge in [0.15, 0.2) is 0 Å². The van der Waals surface area contributed by atoms with Crippen LogP contribution >= 0.6 is 11.8 Å². The molecule has 1 aromatic rings. The average molecular weight is 266 g/mol. The van der Waals surface area contributed by atoms with Crippen LogP contribution in [-0.2, 0) is 9.53 Å². The summed E-state index contributed by atoms with van der Waals surface area (Å²) in [5.74, 6) is 0.799. The zero-order valence-corrected chi connectivity index (χ0v) is 11.5. The molecule has 2 rings (SSSR count). The second kappa shape index (κ2) is 5.18. The highest BCUT2D eigenvalue weighted by Gasteiger charge is 2.44. The third kappa shape index (κ3) is 3.16. The zero-order chi connectivity index (χ0) is 13.2. The van der Waals surface area contributed by atoms with Gasteiger partial charge in [0.2, 0.25) is 0 Å². The monoisotopic (exact) mass is 266 g/mol. The smallest absolute Gasteiger partial charge is 0.306 e. The number of hydrogen-bond donors (Lipinski definition) is 1. The van der Waals surface area contributed by atoms with Crippen LogP contribution in [0.15, 0.2) is 17.3 Å². The number of carbonyl (C=O) groups excluding carboxylic acids is 1. The van der Waals surface area contributed by atoms with E-state index in [1.165, 1.54) is 7.11 Å². The summed E-state index contributed by atoms with van der Waals surface area (Å²) in [5, 5.41) is 0.970. The van der Waals surface area contributed by atoms with E-state index in [4.69, 9.17) is 10.5 Å². The summed E-state index contributed by atoms with van der Waals surface area (Å²) in [7, 11) is 1.44. The molecule has 0 amide bonds. The number of hydrogen-bond acceptors (Lipinski definition) is 5. The predicted octanol–water partition coefficient (Wildman–Crippen LogP) is 2.41. The van der Waals surface area contributed by atoms with Crippen LogP contribution in [0.25, 0.3) is 0 Å². The first-order valence-electron chi connectivity index (χ1n) is 5.96. The second-order valence-electron chi connectivity index (χ2n) is 4.92. The van der Waals surface area contributed by atoms with Crippen LogP contribution in [0.5, 0.6) is 0 Å². The van der Waals surface area contributed by atoms with Gasteiger partial charge in [0.05, 0.1) is 30.4 Å². The molecule has 1 heterocycles. The van der Waals surface area contributed by atoms with Gasteiger partial charge >= 0.3 is 5.97 Å². The van der Waals surface area contributed by atoms with E-state index in [1.54, 1.807) is 18.0 Å². The van der Waals surface area contributed by atoms with E-state index < -0.39 is 0 Å². The van der Waals surface area contributed by atoms with Crippen molar-refractivity contribution in [3.63, 3.8) is 0 Å². The molecule has 1 saturated carbocycles. The minimum atomic E-state index is -0.116. The van der Waals surface area contributed by atoms with Crippen LogP contribution in [0.4, 0.5) is 5.69 Å². The molecule has 98 valence electrons. The number of anilines is 1. The molecule has 1 fully saturated rings. The average Bonchev–Trinajstić information content (AvgIpc) is 3.11. The quantitative estimate of drug-likeness (QED) is 0.655. The Morgan fingerprint density at radius 3 is 2.89 bits per heavy atom. The third-order valence-electron chi connectivity index (χ3n) is 3.36. The summed E-state index contributed by atoms with van der Waals surface area (Å²) in [4.78, 5) is 15.6. The van der Waals surface area contributed by atoms with Gasteiger partial charge in [0.1, 0.15) is 0 Å². The van der Waals surface area contributed by atoms with Crippen molar-refractivity contribution in [1.29, 1.82) is 0 Å². The molecule has 0 radical (unpaired) electrons. The minimum Gasteiger partial charge on any atom is -0.469 e. The normalized spacial score (nSPS) is 16.3. The molecule has 0 bridgehead atoms. The first-order chi connectivity index (χ1) is 8.54. The van der Waals surface area contributed by atoms with Crippen molar-refractivity contribution in [2.45, 2.75) is 31.2 Å². The molecule has 5 heteroatoms. The predicted molar refractivity (Wildman–Crippen MR) is 72.4 cm³/mol. The van der Waals surface area contributed by atoms with Gasteiger partial charge in [-0.1, -0.05) is 0 Å². The van der Waals surface area contributed by atoms with Gasteiger partial charge in [-0.2, -0.15) is 0 Å². The Hall–Kier alpha value is -1.23. The van der Waals surface area contributed by atoms with E-state index >= 15 is 0 Å². The van der Waals surface area contributed by atoms with Crippen molar-refractivity contribution in [3.05, 3.63) is 17.8 Å². The minimum absolute atomic E-state index is 0.116. The third-order valence-corrected chi connectivity index (χ3v) is 4.63. The van der Waals surface area contributed by atoms with Gasteiger partial charge < -0.3 is 10.5 Å². The Balaban J connectivity index is 1.91. The van der Waals surface area contributed by atoms with E-state index in [1.807, 2.05) is 13.0 Å². The van der Waals surface area contributed by atoms with Crippen LogP contribution in [-0.4, -0.2) is 23.8 Å². The molecule has 0 aliphatic heterocycles. The SMILES string of the molecule is COC(=O)CC1(CSc2cc(C)c(N)cn2)CC1. The lowest BCUT2D eigenvalue weighted by Crippen LogP contribution is -2.13. The number of nitrogen functional groups attached to an aromatic ring is 1. The van der Waals surface area contributed by atoms with Crippen molar-refractivity contribution < 1.29 is 9.53 Å². The van der Waals surface area contributed by atoms with E-state index in [-0.39, 0.29) is 11.4 Å². The van der Waals surface area contributed by atoms with Gasteiger partial charge in [-0.15, -0.1) is 11.8 Å². The summed E-state index contributed by atoms with van der Waals surface area (Å²) >= 11 is 1.69. The fraction of sp³-hybridized carbons (Fsp3) is 0.538. The Morgan fingerprint density at radius 2 is 2.33 bits per heavy atom. The number of carbonyl (C=O) groups is 1. The van der Waals surface area contributed by atoms with Gasteiger partial charge in [-0.25, -0.2) is 4.98 Å². The molecular weight excluding hydrogens is 248 g/mol. The molecule has 1 aliphatic rings. The number of thioether (sulfide) groups is 1. The highest BCUT2D eigenvalue weighted by molar-refractivity contribution is 7.99. The molecule has 1 aliphatic carbocycles. The molecule has 0 atom stereocenters. The van der Waals surface area contributed by atoms with E-state index in [2.05, 4.69) is 4.98 Å². The first-order valence-corrected chi connectivity index (χ1v) is 6.95. The van der Waals surface area contributed by atoms with Gasteiger partial charge in [-0.3, -0.25) is 4.79 Å². The molecule has 1 aromatic heterocycles. The van der Waals surface area contributed by atoms with Crippen LogP contribution in [0, 0.1) is 12.3 Å². The van der Waals surface area contributed by atoms with Crippen molar-refractivity contribution in [2.24, 2.45) is 5.41 Å². The molecule has 0 spiro atoms. The highest BCUT2D eigenvalue weighted by Crippen LogP contribution is 2.52. The molecule has 4 nitrogen and oxygen atoms in total. The number of ether oxygens (including phenoxy) is 1. The van der Waals surface area contributed by atoms with Crippen molar-refractivity contribution in [3.8, 4) is 0 Å². The Bertz CT molecular complexity index is 458. The lowest BCUT2D eigenvalue weighted by atomic mass is 10.1. The Labute approximate surface area is 111 Å². The summed E-state index contributed by atoms with van der Waals surface area (Å²) in [6.07, 6.45) is 4.41. The van der Waals surface area contributed by atoms with E-state index in [9.17, 15) is 4.79 Å². The molecule has 0 aromatic carbocycles. The molecular formula is C13H18N2O2S. The van der Waals surface area contributed by atoms with Gasteiger partial charge in [0.25, 0.3) is 0 Å². The maximum Gasteiger partial charge on any atom is 0.306 e. The molecule has 18 heavy (non-hydrogen) atoms. The van der Waals surface area contributed by atoms with Crippen molar-refractivity contribution in [2.75, 3.05) is 18.6 Å². The topological polar surface area (TPSA) is 65.2 Å². The lowest BCUT2D eigenvalue weighted by Gasteiger charge is -2.13. The fourth-order valence-corrected chi connectivity index (χ4v) is 3.01. The number of aryl methyl sites for hydroxylation is 1. The van der Waals surface area contributed by atoms with Crippen LogP contribution in [0.1, 0.15) is 24.8 Å². The summed E-state index contributed by atoms with van der Waals surface area (Å²) in [5.41, 5.74) is 7.63.